The molecule has 0 saturated carbocycles. The maximum absolute atomic E-state index is 14.2. The highest BCUT2D eigenvalue weighted by Gasteiger charge is 2.52. The van der Waals surface area contributed by atoms with E-state index in [9.17, 15) is 14.4 Å². The number of hydrogen-bond donors (Lipinski definition) is 2. The van der Waals surface area contributed by atoms with Crippen LogP contribution in [0.4, 0.5) is 4.79 Å². The van der Waals surface area contributed by atoms with E-state index in [2.05, 4.69) is 72.4 Å². The molecular formula is C48H58N4O7Si. The Labute approximate surface area is 353 Å². The fourth-order valence-corrected chi connectivity index (χ4v) is 13.3. The standard InChI is InChI=1S/C48H58N4O7Si/c1-35-30-52(46(54)50-45(35)53)44-29-41(43(57-44)34-56-60(48(2,3)4,39-24-13-7-14-25-39)40-26-15-8-16-27-40)58-47(55)59-42(37-21-11-6-12-22-37)33-51(31-36-19-9-5-10-20-36)32-38-23-17-18-28-49-38/h5-16,19-22,24-27,30,38,41-44,49H,17-18,23,28-29,31-34H2,1-4H3,(H,50,53,54)/t38?,41?,42?,43-,44-/m1/s1. The van der Waals surface area contributed by atoms with Crippen molar-refractivity contribution in [2.24, 2.45) is 0 Å². The third kappa shape index (κ3) is 10.2. The van der Waals surface area contributed by atoms with Gasteiger partial charge in [-0.2, -0.15) is 0 Å². The molecule has 0 bridgehead atoms. The largest absolute Gasteiger partial charge is 0.509 e. The van der Waals surface area contributed by atoms with Crippen LogP contribution in [0.25, 0.3) is 0 Å². The number of H-pyrrole nitrogens is 1. The van der Waals surface area contributed by atoms with Crippen LogP contribution in [0.15, 0.2) is 137 Å². The fourth-order valence-electron chi connectivity index (χ4n) is 8.73. The third-order valence-electron chi connectivity index (χ3n) is 11.7. The molecule has 7 rings (SSSR count). The van der Waals surface area contributed by atoms with Crippen molar-refractivity contribution in [3.05, 3.63) is 165 Å². The van der Waals surface area contributed by atoms with Crippen LogP contribution in [-0.2, 0) is 25.2 Å². The minimum Gasteiger partial charge on any atom is -0.428 e. The molecule has 5 aromatic rings. The summed E-state index contributed by atoms with van der Waals surface area (Å²) in [5, 5.41) is 5.55. The highest BCUT2D eigenvalue weighted by molar-refractivity contribution is 6.99. The molecule has 2 saturated heterocycles. The van der Waals surface area contributed by atoms with Crippen LogP contribution in [0.2, 0.25) is 5.04 Å². The van der Waals surface area contributed by atoms with Crippen LogP contribution < -0.4 is 26.9 Å². The van der Waals surface area contributed by atoms with Gasteiger partial charge in [-0.25, -0.2) is 9.59 Å². The van der Waals surface area contributed by atoms with Crippen molar-refractivity contribution in [2.75, 3.05) is 26.2 Å². The summed E-state index contributed by atoms with van der Waals surface area (Å²) >= 11 is 0. The molecule has 316 valence electrons. The smallest absolute Gasteiger partial charge is 0.428 e. The number of piperidine rings is 1. The fraction of sp³-hybridized carbons (Fsp3) is 0.396. The average Bonchev–Trinajstić information content (AvgIpc) is 3.65. The van der Waals surface area contributed by atoms with Crippen LogP contribution >= 0.6 is 0 Å². The molecule has 3 heterocycles. The molecule has 1 aromatic heterocycles. The molecule has 0 aliphatic carbocycles. The van der Waals surface area contributed by atoms with E-state index in [1.165, 1.54) is 29.2 Å². The van der Waals surface area contributed by atoms with Gasteiger partial charge in [0.05, 0.1) is 6.61 Å². The van der Waals surface area contributed by atoms with Crippen molar-refractivity contribution >= 4 is 24.8 Å². The first-order chi connectivity index (χ1) is 29.0. The number of carbonyl (C=O) groups is 1. The van der Waals surface area contributed by atoms with Crippen LogP contribution in [0.3, 0.4) is 0 Å². The minimum atomic E-state index is -3.03. The Morgan fingerprint density at radius 2 is 1.50 bits per heavy atom. The Hall–Kier alpha value is -5.11. The number of carbonyl (C=O) groups excluding carboxylic acids is 1. The van der Waals surface area contributed by atoms with E-state index >= 15 is 0 Å². The monoisotopic (exact) mass is 830 g/mol. The summed E-state index contributed by atoms with van der Waals surface area (Å²) in [6, 6.07) is 41.0. The van der Waals surface area contributed by atoms with E-state index in [-0.39, 0.29) is 18.1 Å². The SMILES string of the molecule is Cc1cn([C@H]2CC(OC(=O)OC(CN(Cc3ccccc3)CC3CCCCN3)c3ccccc3)[C@@H](CO[Si](c3ccccc3)(c3ccccc3)C(C)(C)C)O2)c(=O)[nH]c1=O. The second-order valence-electron chi connectivity index (χ2n) is 17.1. The van der Waals surface area contributed by atoms with Gasteiger partial charge in [-0.05, 0) is 52.8 Å². The lowest BCUT2D eigenvalue weighted by Crippen LogP contribution is -2.67. The Morgan fingerprint density at radius 1 is 0.883 bits per heavy atom. The highest BCUT2D eigenvalue weighted by atomic mass is 28.4. The van der Waals surface area contributed by atoms with Crippen molar-refractivity contribution in [1.82, 2.24) is 19.8 Å². The predicted octanol–water partition coefficient (Wildman–Crippen LogP) is 6.62. The van der Waals surface area contributed by atoms with Crippen molar-refractivity contribution < 1.29 is 23.4 Å². The maximum Gasteiger partial charge on any atom is 0.509 e. The van der Waals surface area contributed by atoms with Gasteiger partial charge in [0.1, 0.15) is 24.5 Å². The molecule has 0 spiro atoms. The number of aromatic amines is 1. The number of nitrogens with zero attached hydrogens (tertiary/aromatic N) is 2. The quantitative estimate of drug-likeness (QED) is 0.0886. The number of hydrogen-bond acceptors (Lipinski definition) is 9. The van der Waals surface area contributed by atoms with Crippen LogP contribution in [0, 0.1) is 6.92 Å². The zero-order chi connectivity index (χ0) is 42.1. The second-order valence-corrected chi connectivity index (χ2v) is 21.4. The van der Waals surface area contributed by atoms with Gasteiger partial charge in [0.25, 0.3) is 13.9 Å². The normalized spacial score (nSPS) is 20.1. The molecule has 0 amide bonds. The van der Waals surface area contributed by atoms with Crippen molar-refractivity contribution in [3.63, 3.8) is 0 Å². The predicted molar refractivity (Wildman–Crippen MR) is 236 cm³/mol. The number of rotatable bonds is 15. The second kappa shape index (κ2) is 19.5. The first kappa shape index (κ1) is 43.0. The lowest BCUT2D eigenvalue weighted by molar-refractivity contribution is -0.0620. The number of benzene rings is 4. The topological polar surface area (TPSA) is 124 Å². The molecule has 11 nitrogen and oxygen atoms in total. The summed E-state index contributed by atoms with van der Waals surface area (Å²) in [5.74, 6) is 0. The minimum absolute atomic E-state index is 0.0696. The number of aryl methyl sites for hydroxylation is 1. The number of ether oxygens (including phenoxy) is 3. The summed E-state index contributed by atoms with van der Waals surface area (Å²) in [6.07, 6.45) is 1.12. The van der Waals surface area contributed by atoms with E-state index in [0.717, 1.165) is 35.4 Å². The molecule has 2 aliphatic heterocycles. The van der Waals surface area contributed by atoms with Gasteiger partial charge in [0.2, 0.25) is 0 Å². The maximum atomic E-state index is 14.2. The van der Waals surface area contributed by atoms with E-state index in [1.807, 2.05) is 84.9 Å². The molecule has 2 N–H and O–H groups in total. The molecular weight excluding hydrogens is 773 g/mol. The van der Waals surface area contributed by atoms with Gasteiger partial charge in [0, 0.05) is 43.9 Å². The lowest BCUT2D eigenvalue weighted by Gasteiger charge is -2.43. The zero-order valence-electron chi connectivity index (χ0n) is 35.1. The van der Waals surface area contributed by atoms with E-state index in [4.69, 9.17) is 18.6 Å². The first-order valence-corrected chi connectivity index (χ1v) is 23.1. The first-order valence-electron chi connectivity index (χ1n) is 21.1. The van der Waals surface area contributed by atoms with E-state index in [0.29, 0.717) is 24.7 Å². The zero-order valence-corrected chi connectivity index (χ0v) is 36.1. The van der Waals surface area contributed by atoms with E-state index in [1.54, 1.807) is 6.92 Å². The summed E-state index contributed by atoms with van der Waals surface area (Å²) in [7, 11) is -3.03. The molecule has 2 aliphatic rings. The van der Waals surface area contributed by atoms with Gasteiger partial charge in [-0.15, -0.1) is 0 Å². The Morgan fingerprint density at radius 3 is 2.10 bits per heavy atom. The number of nitrogens with one attached hydrogen (secondary N) is 2. The van der Waals surface area contributed by atoms with Crippen molar-refractivity contribution in [2.45, 2.75) is 95.5 Å². The van der Waals surface area contributed by atoms with E-state index < -0.39 is 50.3 Å². The Balaban J connectivity index is 1.17. The summed E-state index contributed by atoms with van der Waals surface area (Å²) < 4.78 is 27.8. The third-order valence-corrected chi connectivity index (χ3v) is 16.7. The summed E-state index contributed by atoms with van der Waals surface area (Å²) in [6.45, 7) is 11.2. The van der Waals surface area contributed by atoms with Gasteiger partial charge >= 0.3 is 11.8 Å². The molecule has 60 heavy (non-hydrogen) atoms. The molecule has 5 atom stereocenters. The molecule has 3 unspecified atom stereocenters. The van der Waals surface area contributed by atoms with Crippen LogP contribution in [0.5, 0.6) is 0 Å². The lowest BCUT2D eigenvalue weighted by atomic mass is 10.0. The van der Waals surface area contributed by atoms with Gasteiger partial charge in [0.15, 0.2) is 0 Å². The van der Waals surface area contributed by atoms with Crippen LogP contribution in [-0.4, -0.2) is 73.4 Å². The Bertz CT molecular complexity index is 2200. The summed E-state index contributed by atoms with van der Waals surface area (Å²) in [4.78, 5) is 44.5. The molecule has 12 heteroatoms. The Kier molecular flexibility index (Phi) is 14.0. The van der Waals surface area contributed by atoms with Gasteiger partial charge < -0.3 is 24.0 Å². The van der Waals surface area contributed by atoms with Crippen LogP contribution in [0.1, 0.15) is 75.5 Å². The molecule has 2 fully saturated rings. The molecule has 0 radical (unpaired) electrons. The van der Waals surface area contributed by atoms with Crippen molar-refractivity contribution in [1.29, 1.82) is 0 Å². The highest BCUT2D eigenvalue weighted by Crippen LogP contribution is 2.39. The molecule has 4 aromatic carbocycles. The number of aromatic nitrogens is 2. The van der Waals surface area contributed by atoms with Crippen molar-refractivity contribution in [3.8, 4) is 0 Å². The van der Waals surface area contributed by atoms with Gasteiger partial charge in [-0.1, -0.05) is 149 Å². The summed E-state index contributed by atoms with van der Waals surface area (Å²) in [5.41, 5.74) is 1.31. The average molecular weight is 831 g/mol. The van der Waals surface area contributed by atoms with Gasteiger partial charge in [-0.3, -0.25) is 19.2 Å².